The van der Waals surface area contributed by atoms with Crippen molar-refractivity contribution in [3.63, 3.8) is 0 Å². The lowest BCUT2D eigenvalue weighted by Gasteiger charge is -2.17. The number of aromatic hydroxyl groups is 1. The molecule has 12 nitrogen and oxygen atoms in total. The summed E-state index contributed by atoms with van der Waals surface area (Å²) in [6.07, 6.45) is -0.634. The number of nitrogens with one attached hydrogen (secondary N) is 1. The molecule has 32 heavy (non-hydrogen) atoms. The first-order valence-electron chi connectivity index (χ1n) is 9.53. The molecular weight excluding hydrogens is 461 g/mol. The quantitative estimate of drug-likeness (QED) is 0.291. The van der Waals surface area contributed by atoms with Gasteiger partial charge in [0.1, 0.15) is 30.4 Å². The van der Waals surface area contributed by atoms with Gasteiger partial charge in [-0.3, -0.25) is 9.09 Å². The fourth-order valence-corrected chi connectivity index (χ4v) is 4.26. The molecule has 0 saturated carbocycles. The van der Waals surface area contributed by atoms with Crippen LogP contribution in [0.5, 0.6) is 5.75 Å². The van der Waals surface area contributed by atoms with Crippen LogP contribution >= 0.6 is 18.2 Å². The Morgan fingerprint density at radius 3 is 2.78 bits per heavy atom. The summed E-state index contributed by atoms with van der Waals surface area (Å²) in [6, 6.07) is 6.89. The molecule has 1 aliphatic heterocycles. The number of phenolic OH excluding ortho intramolecular Hbond substituents is 1. The predicted octanol–water partition coefficient (Wildman–Crippen LogP) is 1.24. The summed E-state index contributed by atoms with van der Waals surface area (Å²) in [5.41, 5.74) is 1.41. The molecule has 1 aromatic carbocycles. The topological polar surface area (TPSA) is 172 Å². The summed E-state index contributed by atoms with van der Waals surface area (Å²) < 4.78 is 23.8. The third-order valence-corrected chi connectivity index (χ3v) is 7.68. The Morgan fingerprint density at radius 2 is 2.03 bits per heavy atom. The summed E-state index contributed by atoms with van der Waals surface area (Å²) in [4.78, 5) is 22.3. The number of aliphatic hydroxyl groups excluding tert-OH is 2. The molecule has 3 aromatic rings. The van der Waals surface area contributed by atoms with Gasteiger partial charge in [-0.15, -0.1) is 0 Å². The van der Waals surface area contributed by atoms with Crippen molar-refractivity contribution in [2.45, 2.75) is 31.1 Å². The van der Waals surface area contributed by atoms with E-state index < -0.39 is 31.3 Å². The molecule has 4 rings (SSSR count). The fraction of sp³-hybridized carbons (Fsp3) is 0.389. The normalized spacial score (nSPS) is 25.1. The molecule has 2 aromatic heterocycles. The first-order chi connectivity index (χ1) is 15.3. The highest BCUT2D eigenvalue weighted by atomic mass is 32.7. The maximum Gasteiger partial charge on any atom is 0.386 e. The van der Waals surface area contributed by atoms with Crippen molar-refractivity contribution in [2.24, 2.45) is 0 Å². The number of aromatic nitrogens is 4. The van der Waals surface area contributed by atoms with Crippen LogP contribution in [-0.4, -0.2) is 70.9 Å². The van der Waals surface area contributed by atoms with Crippen LogP contribution in [0.4, 0.5) is 5.82 Å². The maximum atomic E-state index is 11.7. The smallest absolute Gasteiger partial charge is 0.386 e. The number of para-hydroxylation sites is 1. The minimum atomic E-state index is -3.86. The van der Waals surface area contributed by atoms with Crippen molar-refractivity contribution in [1.29, 1.82) is 0 Å². The van der Waals surface area contributed by atoms with Crippen molar-refractivity contribution < 1.29 is 34.0 Å². The number of benzene rings is 1. The number of imidazole rings is 1. The standard InChI is InChI=1S/C18H22N5O7PS/c1-32-31(27,28)29-7-12-14(25)15(26)18(30-12)23-9-22-13-16(20-8-21-17(13)23)19-6-10-4-2-3-5-11(10)24/h2-5,8-9,12,14-15,18,24-26H,6-7H2,1H3,(H,27,28)(H,19,20,21)/t12-,14-,15-,18-/m1/s1. The SMILES string of the molecule is CSP(=O)(O)OC[C@H]1O[C@@H](n2cnc3c(NCc4ccccc4O)ncnc32)[C@H](O)[C@@H]1O. The lowest BCUT2D eigenvalue weighted by Crippen LogP contribution is -2.33. The van der Waals surface area contributed by atoms with Crippen LogP contribution in [0.25, 0.3) is 11.2 Å². The Kier molecular flexibility index (Phi) is 6.67. The molecule has 0 radical (unpaired) electrons. The molecule has 1 saturated heterocycles. The van der Waals surface area contributed by atoms with Crippen molar-refractivity contribution >= 4 is 35.2 Å². The third-order valence-electron chi connectivity index (χ3n) is 5.04. The van der Waals surface area contributed by atoms with Gasteiger partial charge in [0, 0.05) is 12.1 Å². The predicted molar refractivity (Wildman–Crippen MR) is 116 cm³/mol. The van der Waals surface area contributed by atoms with Crippen LogP contribution in [0.3, 0.4) is 0 Å². The Labute approximate surface area is 186 Å². The zero-order valence-corrected chi connectivity index (χ0v) is 18.6. The molecule has 1 fully saturated rings. The molecule has 0 spiro atoms. The zero-order chi connectivity index (χ0) is 22.9. The second-order valence-corrected chi connectivity index (χ2v) is 11.1. The Hall–Kier alpha value is -2.25. The van der Waals surface area contributed by atoms with Gasteiger partial charge < -0.3 is 30.3 Å². The van der Waals surface area contributed by atoms with Gasteiger partial charge >= 0.3 is 6.80 Å². The van der Waals surface area contributed by atoms with Gasteiger partial charge in [-0.1, -0.05) is 18.2 Å². The number of anilines is 1. The van der Waals surface area contributed by atoms with Crippen LogP contribution < -0.4 is 5.32 Å². The van der Waals surface area contributed by atoms with Gasteiger partial charge in [0.05, 0.1) is 12.9 Å². The number of hydrogen-bond acceptors (Lipinski definition) is 11. The van der Waals surface area contributed by atoms with E-state index in [-0.39, 0.29) is 12.4 Å². The third kappa shape index (κ3) is 4.59. The van der Waals surface area contributed by atoms with E-state index in [4.69, 9.17) is 9.26 Å². The van der Waals surface area contributed by atoms with Crippen LogP contribution in [0.2, 0.25) is 0 Å². The number of phenols is 1. The molecule has 0 bridgehead atoms. The molecule has 3 heterocycles. The summed E-state index contributed by atoms with van der Waals surface area (Å²) in [5.74, 6) is 0.556. The summed E-state index contributed by atoms with van der Waals surface area (Å²) in [5, 5.41) is 33.9. The number of hydrogen-bond donors (Lipinski definition) is 5. The minimum absolute atomic E-state index is 0.148. The van der Waals surface area contributed by atoms with Crippen LogP contribution in [0, 0.1) is 0 Å². The van der Waals surface area contributed by atoms with E-state index in [2.05, 4.69) is 20.3 Å². The number of nitrogens with zero attached hydrogens (tertiary/aromatic N) is 4. The van der Waals surface area contributed by atoms with E-state index in [1.807, 2.05) is 0 Å². The summed E-state index contributed by atoms with van der Waals surface area (Å²) in [7, 11) is 0. The summed E-state index contributed by atoms with van der Waals surface area (Å²) in [6.45, 7) is -3.94. The first-order valence-corrected chi connectivity index (χ1v) is 12.9. The molecule has 14 heteroatoms. The first kappa shape index (κ1) is 22.9. The van der Waals surface area contributed by atoms with Crippen molar-refractivity contribution in [3.8, 4) is 5.75 Å². The van der Waals surface area contributed by atoms with Crippen LogP contribution in [0.15, 0.2) is 36.9 Å². The van der Waals surface area contributed by atoms with Crippen molar-refractivity contribution in [1.82, 2.24) is 19.5 Å². The van der Waals surface area contributed by atoms with Gasteiger partial charge in [-0.05, 0) is 23.7 Å². The Bertz CT molecular complexity index is 1150. The van der Waals surface area contributed by atoms with E-state index in [1.54, 1.807) is 24.3 Å². The molecule has 1 aliphatic rings. The van der Waals surface area contributed by atoms with E-state index in [9.17, 15) is 24.8 Å². The van der Waals surface area contributed by atoms with E-state index in [0.29, 0.717) is 40.5 Å². The number of ether oxygens (including phenoxy) is 1. The van der Waals surface area contributed by atoms with Gasteiger partial charge in [-0.25, -0.2) is 19.5 Å². The van der Waals surface area contributed by atoms with Crippen LogP contribution in [-0.2, 0) is 20.4 Å². The Morgan fingerprint density at radius 1 is 1.25 bits per heavy atom. The van der Waals surface area contributed by atoms with Gasteiger partial charge in [-0.2, -0.15) is 0 Å². The van der Waals surface area contributed by atoms with Crippen LogP contribution in [0.1, 0.15) is 11.8 Å². The second kappa shape index (κ2) is 9.32. The number of rotatable bonds is 8. The molecule has 1 unspecified atom stereocenters. The lowest BCUT2D eigenvalue weighted by atomic mass is 10.1. The van der Waals surface area contributed by atoms with Crippen molar-refractivity contribution in [2.75, 3.05) is 18.2 Å². The fourth-order valence-electron chi connectivity index (χ4n) is 3.32. The molecule has 0 aliphatic carbocycles. The largest absolute Gasteiger partial charge is 0.508 e. The molecule has 5 atom stereocenters. The van der Waals surface area contributed by atoms with Gasteiger partial charge in [0.2, 0.25) is 0 Å². The van der Waals surface area contributed by atoms with Gasteiger partial charge in [0.15, 0.2) is 23.2 Å². The highest BCUT2D eigenvalue weighted by Gasteiger charge is 2.45. The monoisotopic (exact) mass is 483 g/mol. The molecule has 5 N–H and O–H groups in total. The molecular formula is C18H22N5O7PS. The highest BCUT2D eigenvalue weighted by molar-refractivity contribution is 8.54. The number of fused-ring (bicyclic) bond motifs is 1. The average molecular weight is 483 g/mol. The zero-order valence-electron chi connectivity index (χ0n) is 16.8. The minimum Gasteiger partial charge on any atom is -0.508 e. The summed E-state index contributed by atoms with van der Waals surface area (Å²) >= 11 is 0.653. The lowest BCUT2D eigenvalue weighted by molar-refractivity contribution is -0.0478. The van der Waals surface area contributed by atoms with E-state index in [1.165, 1.54) is 23.5 Å². The highest BCUT2D eigenvalue weighted by Crippen LogP contribution is 2.54. The second-order valence-electron chi connectivity index (χ2n) is 7.02. The average Bonchev–Trinajstić information content (AvgIpc) is 3.33. The van der Waals surface area contributed by atoms with E-state index >= 15 is 0 Å². The van der Waals surface area contributed by atoms with Gasteiger partial charge in [0.25, 0.3) is 0 Å². The molecule has 0 amide bonds. The molecule has 172 valence electrons. The maximum absolute atomic E-state index is 11.7. The Balaban J connectivity index is 1.53. The number of aliphatic hydroxyl groups is 2. The van der Waals surface area contributed by atoms with Crippen molar-refractivity contribution in [3.05, 3.63) is 42.5 Å². The van der Waals surface area contributed by atoms with E-state index in [0.717, 1.165) is 0 Å².